The number of hydrogen-bond donors (Lipinski definition) is 1. The van der Waals surface area contributed by atoms with Crippen molar-refractivity contribution < 1.29 is 14.4 Å². The molecule has 2 saturated heterocycles. The van der Waals surface area contributed by atoms with Crippen molar-refractivity contribution in [3.63, 3.8) is 0 Å². The molecule has 0 aromatic carbocycles. The van der Waals surface area contributed by atoms with E-state index in [4.69, 9.17) is 5.73 Å². The van der Waals surface area contributed by atoms with E-state index in [1.807, 2.05) is 13.8 Å². The van der Waals surface area contributed by atoms with Crippen LogP contribution in [0.3, 0.4) is 0 Å². The van der Waals surface area contributed by atoms with Crippen LogP contribution in [0.25, 0.3) is 0 Å². The number of carbonyl (C=O) groups is 3. The summed E-state index contributed by atoms with van der Waals surface area (Å²) in [6.07, 6.45) is 5.13. The highest BCUT2D eigenvalue weighted by molar-refractivity contribution is 6.08. The van der Waals surface area contributed by atoms with E-state index in [0.717, 1.165) is 30.6 Å². The third kappa shape index (κ3) is 2.92. The molecule has 2 heterocycles. The highest BCUT2D eigenvalue weighted by atomic mass is 16.2. The van der Waals surface area contributed by atoms with Crippen LogP contribution >= 0.6 is 0 Å². The molecule has 4 amide bonds. The lowest BCUT2D eigenvalue weighted by Crippen LogP contribution is -2.56. The molecule has 0 aromatic rings. The maximum atomic E-state index is 13.0. The number of nitrogens with zero attached hydrogens (tertiary/aromatic N) is 3. The van der Waals surface area contributed by atoms with E-state index in [9.17, 15) is 14.4 Å². The number of imide groups is 1. The minimum atomic E-state index is -0.723. The van der Waals surface area contributed by atoms with Gasteiger partial charge in [0.1, 0.15) is 12.1 Å². The van der Waals surface area contributed by atoms with E-state index < -0.39 is 5.54 Å². The summed E-state index contributed by atoms with van der Waals surface area (Å²) in [7, 11) is 1.69. The number of piperidine rings is 1. The summed E-state index contributed by atoms with van der Waals surface area (Å²) in [5.74, 6) is -0.357. The third-order valence-corrected chi connectivity index (χ3v) is 6.44. The lowest BCUT2D eigenvalue weighted by molar-refractivity contribution is -0.142. The van der Waals surface area contributed by atoms with Crippen LogP contribution in [0.2, 0.25) is 0 Å². The first-order valence-corrected chi connectivity index (χ1v) is 9.32. The molecule has 25 heavy (non-hydrogen) atoms. The maximum Gasteiger partial charge on any atom is 0.327 e. The molecule has 2 N–H and O–H groups in total. The van der Waals surface area contributed by atoms with E-state index >= 15 is 0 Å². The Kier molecular flexibility index (Phi) is 4.56. The Labute approximate surface area is 149 Å². The Balaban J connectivity index is 1.71. The van der Waals surface area contributed by atoms with Gasteiger partial charge in [0.15, 0.2) is 0 Å². The zero-order valence-electron chi connectivity index (χ0n) is 15.6. The van der Waals surface area contributed by atoms with Crippen LogP contribution in [-0.2, 0) is 9.59 Å². The molecule has 3 fully saturated rings. The molecule has 2 aliphatic heterocycles. The molecule has 1 atom stereocenters. The number of likely N-dealkylation sites (tertiary alicyclic amines) is 1. The van der Waals surface area contributed by atoms with Crippen LogP contribution in [0.5, 0.6) is 0 Å². The standard InChI is InChI=1S/C18H30N4O3/c1-17(2)12-21(10-7-13(17)19)14(23)11-22-15(24)18(20(3)16(22)25)8-5-4-6-9-18/h13H,4-12,19H2,1-3H3. The minimum absolute atomic E-state index is 0.0586. The minimum Gasteiger partial charge on any atom is -0.340 e. The second kappa shape index (κ2) is 6.27. The van der Waals surface area contributed by atoms with Crippen LogP contribution in [-0.4, -0.2) is 70.8 Å². The van der Waals surface area contributed by atoms with E-state index in [1.165, 1.54) is 0 Å². The van der Waals surface area contributed by atoms with Crippen molar-refractivity contribution in [1.29, 1.82) is 0 Å². The van der Waals surface area contributed by atoms with Crippen molar-refractivity contribution in [3.8, 4) is 0 Å². The van der Waals surface area contributed by atoms with Gasteiger partial charge in [0, 0.05) is 26.2 Å². The molecule has 7 heteroatoms. The number of likely N-dealkylation sites (N-methyl/N-ethyl adjacent to an activating group) is 1. The number of urea groups is 1. The molecule has 0 bridgehead atoms. The van der Waals surface area contributed by atoms with Crippen molar-refractivity contribution in [2.24, 2.45) is 11.1 Å². The third-order valence-electron chi connectivity index (χ3n) is 6.44. The van der Waals surface area contributed by atoms with E-state index in [0.29, 0.717) is 25.9 Å². The second-order valence-corrected chi connectivity index (χ2v) is 8.52. The number of hydrogen-bond acceptors (Lipinski definition) is 4. The van der Waals surface area contributed by atoms with E-state index in [1.54, 1.807) is 16.8 Å². The van der Waals surface area contributed by atoms with Crippen LogP contribution in [0.15, 0.2) is 0 Å². The smallest absolute Gasteiger partial charge is 0.327 e. The predicted octanol–water partition coefficient (Wildman–Crippen LogP) is 1.17. The highest BCUT2D eigenvalue weighted by Gasteiger charge is 2.56. The quantitative estimate of drug-likeness (QED) is 0.757. The second-order valence-electron chi connectivity index (χ2n) is 8.52. The maximum absolute atomic E-state index is 13.0. The van der Waals surface area contributed by atoms with E-state index in [-0.39, 0.29) is 35.8 Å². The van der Waals surface area contributed by atoms with Crippen LogP contribution < -0.4 is 5.73 Å². The first kappa shape index (κ1) is 18.2. The lowest BCUT2D eigenvalue weighted by Gasteiger charge is -2.42. The van der Waals surface area contributed by atoms with Crippen molar-refractivity contribution in [3.05, 3.63) is 0 Å². The molecule has 1 saturated carbocycles. The Morgan fingerprint density at radius 2 is 1.84 bits per heavy atom. The largest absolute Gasteiger partial charge is 0.340 e. The summed E-state index contributed by atoms with van der Waals surface area (Å²) in [6.45, 7) is 5.09. The molecule has 0 aromatic heterocycles. The first-order valence-electron chi connectivity index (χ1n) is 9.32. The van der Waals surface area contributed by atoms with Gasteiger partial charge in [-0.3, -0.25) is 14.5 Å². The summed E-state index contributed by atoms with van der Waals surface area (Å²) >= 11 is 0. The molecule has 1 spiro atoms. The summed E-state index contributed by atoms with van der Waals surface area (Å²) in [5.41, 5.74) is 5.25. The van der Waals surface area contributed by atoms with Crippen molar-refractivity contribution in [1.82, 2.24) is 14.7 Å². The molecule has 3 aliphatic rings. The number of rotatable bonds is 2. The van der Waals surface area contributed by atoms with Crippen LogP contribution in [0.1, 0.15) is 52.4 Å². The van der Waals surface area contributed by atoms with Crippen LogP contribution in [0, 0.1) is 5.41 Å². The Hall–Kier alpha value is -1.63. The summed E-state index contributed by atoms with van der Waals surface area (Å²) in [6, 6.07) is -0.281. The number of carbonyl (C=O) groups excluding carboxylic acids is 3. The topological polar surface area (TPSA) is 87.0 Å². The SMILES string of the molecule is CN1C(=O)N(CC(=O)N2CCC(N)C(C)(C)C2)C(=O)C12CCCCC2. The van der Waals surface area contributed by atoms with Crippen LogP contribution in [0.4, 0.5) is 4.79 Å². The first-order chi connectivity index (χ1) is 11.7. The molecule has 3 rings (SSSR count). The molecular weight excluding hydrogens is 320 g/mol. The van der Waals surface area contributed by atoms with Gasteiger partial charge < -0.3 is 15.5 Å². The number of nitrogens with two attached hydrogens (primary N) is 1. The fourth-order valence-corrected chi connectivity index (χ4v) is 4.49. The summed E-state index contributed by atoms with van der Waals surface area (Å²) in [5, 5.41) is 0. The lowest BCUT2D eigenvalue weighted by atomic mass is 9.79. The Morgan fingerprint density at radius 1 is 1.20 bits per heavy atom. The predicted molar refractivity (Wildman–Crippen MR) is 93.6 cm³/mol. The molecule has 1 unspecified atom stereocenters. The molecule has 1 aliphatic carbocycles. The van der Waals surface area contributed by atoms with Gasteiger partial charge in [-0.25, -0.2) is 4.79 Å². The zero-order chi connectivity index (χ0) is 18.4. The number of amides is 4. The van der Waals surface area contributed by atoms with Gasteiger partial charge in [0.2, 0.25) is 5.91 Å². The Bertz CT molecular complexity index is 583. The van der Waals surface area contributed by atoms with E-state index in [2.05, 4.69) is 0 Å². The highest BCUT2D eigenvalue weighted by Crippen LogP contribution is 2.39. The van der Waals surface area contributed by atoms with Crippen molar-refractivity contribution in [2.45, 2.75) is 64.0 Å². The summed E-state index contributed by atoms with van der Waals surface area (Å²) in [4.78, 5) is 42.8. The average molecular weight is 350 g/mol. The Morgan fingerprint density at radius 3 is 2.44 bits per heavy atom. The fraction of sp³-hybridized carbons (Fsp3) is 0.833. The molecule has 140 valence electrons. The summed E-state index contributed by atoms with van der Waals surface area (Å²) < 4.78 is 0. The van der Waals surface area contributed by atoms with Gasteiger partial charge in [0.05, 0.1) is 0 Å². The fourth-order valence-electron chi connectivity index (χ4n) is 4.49. The monoisotopic (exact) mass is 350 g/mol. The van der Waals surface area contributed by atoms with Gasteiger partial charge in [-0.15, -0.1) is 0 Å². The average Bonchev–Trinajstić information content (AvgIpc) is 2.74. The molecule has 0 radical (unpaired) electrons. The van der Waals surface area contributed by atoms with Gasteiger partial charge >= 0.3 is 6.03 Å². The van der Waals surface area contributed by atoms with Gasteiger partial charge in [-0.05, 0) is 24.7 Å². The van der Waals surface area contributed by atoms with Crippen molar-refractivity contribution in [2.75, 3.05) is 26.7 Å². The van der Waals surface area contributed by atoms with Crippen molar-refractivity contribution >= 4 is 17.8 Å². The zero-order valence-corrected chi connectivity index (χ0v) is 15.6. The molecule has 7 nitrogen and oxygen atoms in total. The van der Waals surface area contributed by atoms with Gasteiger partial charge in [0.25, 0.3) is 5.91 Å². The molecular formula is C18H30N4O3. The van der Waals surface area contributed by atoms with Gasteiger partial charge in [-0.1, -0.05) is 33.1 Å². The van der Waals surface area contributed by atoms with Gasteiger partial charge in [-0.2, -0.15) is 0 Å². The normalized spacial score (nSPS) is 28.8.